The van der Waals surface area contributed by atoms with Crippen LogP contribution >= 0.6 is 0 Å². The molecule has 22 heavy (non-hydrogen) atoms. The maximum atomic E-state index is 11.7. The largest absolute Gasteiger partial charge is 0.461 e. The summed E-state index contributed by atoms with van der Waals surface area (Å²) in [5, 5.41) is 1.93. The van der Waals surface area contributed by atoms with E-state index in [1.54, 1.807) is 0 Å². The van der Waals surface area contributed by atoms with Crippen molar-refractivity contribution in [3.05, 3.63) is 45.0 Å². The van der Waals surface area contributed by atoms with Crippen LogP contribution in [-0.2, 0) is 11.3 Å². The molecule has 0 aliphatic rings. The predicted molar refractivity (Wildman–Crippen MR) is 85.2 cm³/mol. The molecule has 2 heterocycles. The minimum absolute atomic E-state index is 0.295. The Morgan fingerprint density at radius 2 is 1.82 bits per heavy atom. The minimum atomic E-state index is -0.371. The number of ether oxygens (including phenoxy) is 1. The summed E-state index contributed by atoms with van der Waals surface area (Å²) in [4.78, 5) is 11.7. The Kier molecular flexibility index (Phi) is 3.76. The van der Waals surface area contributed by atoms with Gasteiger partial charge in [0.05, 0.1) is 18.8 Å². The molecular formula is C17H19NO4. The third kappa shape index (κ3) is 2.32. The Morgan fingerprint density at radius 3 is 2.55 bits per heavy atom. The minimum Gasteiger partial charge on any atom is -0.461 e. The SMILES string of the molecule is Cc1oc2c(COCCN)c3oc(=O)cc(C)c3cc2c1C. The topological polar surface area (TPSA) is 78.6 Å². The van der Waals surface area contributed by atoms with E-state index in [0.29, 0.717) is 30.9 Å². The third-order valence-corrected chi connectivity index (χ3v) is 3.98. The summed E-state index contributed by atoms with van der Waals surface area (Å²) in [5.74, 6) is 0.852. The highest BCUT2D eigenvalue weighted by atomic mass is 16.5. The normalized spacial score (nSPS) is 11.6. The Hall–Kier alpha value is -2.11. The van der Waals surface area contributed by atoms with E-state index in [-0.39, 0.29) is 5.63 Å². The first kappa shape index (κ1) is 14.8. The van der Waals surface area contributed by atoms with Gasteiger partial charge in [0.25, 0.3) is 0 Å². The van der Waals surface area contributed by atoms with Gasteiger partial charge in [0, 0.05) is 23.4 Å². The fourth-order valence-corrected chi connectivity index (χ4v) is 2.70. The van der Waals surface area contributed by atoms with E-state index in [1.807, 2.05) is 26.8 Å². The fourth-order valence-electron chi connectivity index (χ4n) is 2.70. The van der Waals surface area contributed by atoms with Gasteiger partial charge in [-0.3, -0.25) is 0 Å². The summed E-state index contributed by atoms with van der Waals surface area (Å²) in [5.41, 5.74) is 9.08. The third-order valence-electron chi connectivity index (χ3n) is 3.98. The summed E-state index contributed by atoms with van der Waals surface area (Å²) >= 11 is 0. The maximum absolute atomic E-state index is 11.7. The standard InChI is InChI=1S/C17H19NO4/c1-9-6-15(19)22-16-12(9)7-13-10(2)11(3)21-17(13)14(16)8-20-5-4-18/h6-7H,4-5,8,18H2,1-3H3. The lowest BCUT2D eigenvalue weighted by Crippen LogP contribution is -2.09. The quantitative estimate of drug-likeness (QED) is 0.592. The molecule has 1 aromatic carbocycles. The van der Waals surface area contributed by atoms with Crippen molar-refractivity contribution in [3.8, 4) is 0 Å². The van der Waals surface area contributed by atoms with Gasteiger partial charge in [-0.2, -0.15) is 0 Å². The van der Waals surface area contributed by atoms with Crippen molar-refractivity contribution >= 4 is 21.9 Å². The Bertz CT molecular complexity index is 905. The molecular weight excluding hydrogens is 282 g/mol. The maximum Gasteiger partial charge on any atom is 0.336 e. The molecule has 3 rings (SSSR count). The van der Waals surface area contributed by atoms with Crippen LogP contribution in [0.4, 0.5) is 0 Å². The highest BCUT2D eigenvalue weighted by molar-refractivity contribution is 6.00. The van der Waals surface area contributed by atoms with Gasteiger partial charge < -0.3 is 19.3 Å². The Morgan fingerprint density at radius 1 is 1.09 bits per heavy atom. The molecule has 0 bridgehead atoms. The van der Waals surface area contributed by atoms with E-state index >= 15 is 0 Å². The highest BCUT2D eigenvalue weighted by Gasteiger charge is 2.18. The van der Waals surface area contributed by atoms with Gasteiger partial charge in [-0.1, -0.05) is 0 Å². The van der Waals surface area contributed by atoms with Crippen LogP contribution in [0.3, 0.4) is 0 Å². The molecule has 5 nitrogen and oxygen atoms in total. The second-order valence-corrected chi connectivity index (χ2v) is 5.48. The molecule has 0 saturated carbocycles. The van der Waals surface area contributed by atoms with Crippen LogP contribution in [0.25, 0.3) is 21.9 Å². The average molecular weight is 301 g/mol. The molecule has 116 valence electrons. The van der Waals surface area contributed by atoms with Gasteiger partial charge in [0.2, 0.25) is 0 Å². The molecule has 0 radical (unpaired) electrons. The zero-order valence-corrected chi connectivity index (χ0v) is 13.0. The number of benzene rings is 1. The molecule has 3 aromatic rings. The molecule has 0 amide bonds. The zero-order valence-electron chi connectivity index (χ0n) is 13.0. The van der Waals surface area contributed by atoms with Gasteiger partial charge in [-0.05, 0) is 38.0 Å². The van der Waals surface area contributed by atoms with E-state index in [9.17, 15) is 4.79 Å². The van der Waals surface area contributed by atoms with Crippen LogP contribution in [0.2, 0.25) is 0 Å². The number of fused-ring (bicyclic) bond motifs is 2. The number of hydrogen-bond acceptors (Lipinski definition) is 5. The van der Waals surface area contributed by atoms with E-state index < -0.39 is 0 Å². The number of rotatable bonds is 4. The van der Waals surface area contributed by atoms with Crippen molar-refractivity contribution in [1.82, 2.24) is 0 Å². The van der Waals surface area contributed by atoms with Crippen LogP contribution in [0, 0.1) is 20.8 Å². The summed E-state index contributed by atoms with van der Waals surface area (Å²) in [6.07, 6.45) is 0. The Labute approximate surface area is 127 Å². The lowest BCUT2D eigenvalue weighted by molar-refractivity contribution is 0.128. The molecule has 0 unspecified atom stereocenters. The summed E-state index contributed by atoms with van der Waals surface area (Å²) < 4.78 is 16.9. The van der Waals surface area contributed by atoms with Gasteiger partial charge in [-0.15, -0.1) is 0 Å². The molecule has 0 fully saturated rings. The monoisotopic (exact) mass is 301 g/mol. The molecule has 0 saturated heterocycles. The van der Waals surface area contributed by atoms with Gasteiger partial charge in [-0.25, -0.2) is 4.79 Å². The lowest BCUT2D eigenvalue weighted by Gasteiger charge is -2.09. The zero-order chi connectivity index (χ0) is 15.9. The summed E-state index contributed by atoms with van der Waals surface area (Å²) in [6.45, 7) is 7.01. The van der Waals surface area contributed by atoms with E-state index in [4.69, 9.17) is 19.3 Å². The number of furan rings is 1. The highest BCUT2D eigenvalue weighted by Crippen LogP contribution is 2.34. The van der Waals surface area contributed by atoms with Crippen molar-refractivity contribution < 1.29 is 13.6 Å². The number of aryl methyl sites for hydroxylation is 3. The average Bonchev–Trinajstić information content (AvgIpc) is 2.75. The van der Waals surface area contributed by atoms with Crippen LogP contribution in [0.1, 0.15) is 22.5 Å². The van der Waals surface area contributed by atoms with E-state index in [0.717, 1.165) is 33.2 Å². The molecule has 0 aliphatic heterocycles. The van der Waals surface area contributed by atoms with E-state index in [2.05, 4.69) is 0 Å². The van der Waals surface area contributed by atoms with Crippen molar-refractivity contribution in [1.29, 1.82) is 0 Å². The lowest BCUT2D eigenvalue weighted by atomic mass is 10.0. The van der Waals surface area contributed by atoms with Gasteiger partial charge in [0.1, 0.15) is 16.9 Å². The first-order chi connectivity index (χ1) is 10.5. The van der Waals surface area contributed by atoms with Crippen molar-refractivity contribution in [2.24, 2.45) is 5.73 Å². The Balaban J connectivity index is 2.37. The molecule has 5 heteroatoms. The second-order valence-electron chi connectivity index (χ2n) is 5.48. The molecule has 0 atom stereocenters. The van der Waals surface area contributed by atoms with Crippen LogP contribution in [0.15, 0.2) is 25.8 Å². The number of hydrogen-bond donors (Lipinski definition) is 1. The van der Waals surface area contributed by atoms with Crippen molar-refractivity contribution in [2.75, 3.05) is 13.2 Å². The van der Waals surface area contributed by atoms with Gasteiger partial charge >= 0.3 is 5.63 Å². The van der Waals surface area contributed by atoms with Crippen molar-refractivity contribution in [2.45, 2.75) is 27.4 Å². The number of nitrogens with two attached hydrogens (primary N) is 1. The molecule has 0 spiro atoms. The van der Waals surface area contributed by atoms with E-state index in [1.165, 1.54) is 6.07 Å². The molecule has 0 aliphatic carbocycles. The van der Waals surface area contributed by atoms with Crippen LogP contribution in [0.5, 0.6) is 0 Å². The summed E-state index contributed by atoms with van der Waals surface area (Å²) in [7, 11) is 0. The van der Waals surface area contributed by atoms with Gasteiger partial charge in [0.15, 0.2) is 0 Å². The smallest absolute Gasteiger partial charge is 0.336 e. The summed E-state index contributed by atoms with van der Waals surface area (Å²) in [6, 6.07) is 3.52. The molecule has 2 aromatic heterocycles. The first-order valence-corrected chi connectivity index (χ1v) is 7.26. The predicted octanol–water partition coefficient (Wildman–Crippen LogP) is 2.94. The fraction of sp³-hybridized carbons (Fsp3) is 0.353. The van der Waals surface area contributed by atoms with Crippen LogP contribution in [-0.4, -0.2) is 13.2 Å². The van der Waals surface area contributed by atoms with Crippen LogP contribution < -0.4 is 11.4 Å². The second kappa shape index (κ2) is 5.59. The van der Waals surface area contributed by atoms with Crippen molar-refractivity contribution in [3.63, 3.8) is 0 Å². The first-order valence-electron chi connectivity index (χ1n) is 7.26. The molecule has 2 N–H and O–H groups in total.